The van der Waals surface area contributed by atoms with Crippen LogP contribution >= 0.6 is 0 Å². The maximum atomic E-state index is 10.1. The summed E-state index contributed by atoms with van der Waals surface area (Å²) in [6, 6.07) is 1.88. The molecular weight excluding hydrogens is 260 g/mol. The third-order valence-corrected chi connectivity index (χ3v) is 5.08. The number of rotatable bonds is 7. The number of nitrogens with zero attached hydrogens (tertiary/aromatic N) is 2. The van der Waals surface area contributed by atoms with Crippen molar-refractivity contribution in [2.24, 2.45) is 17.3 Å². The summed E-state index contributed by atoms with van der Waals surface area (Å²) < 4.78 is 1.82. The van der Waals surface area contributed by atoms with Crippen molar-refractivity contribution in [1.82, 2.24) is 9.78 Å². The molecule has 1 fully saturated rings. The minimum Gasteiger partial charge on any atom is -0.493 e. The lowest BCUT2D eigenvalue weighted by atomic mass is 9.89. The predicted octanol–water partition coefficient (Wildman–Crippen LogP) is 4.78. The molecule has 120 valence electrons. The SMILES string of the molecule is CCCC(CC)Cn1nc(CC2CCC(C)(C)C2)cc1O. The van der Waals surface area contributed by atoms with Gasteiger partial charge < -0.3 is 5.11 Å². The molecule has 0 bridgehead atoms. The highest BCUT2D eigenvalue weighted by Crippen LogP contribution is 2.42. The Morgan fingerprint density at radius 2 is 2.19 bits per heavy atom. The number of hydrogen-bond acceptors (Lipinski definition) is 2. The van der Waals surface area contributed by atoms with Crippen LogP contribution in [0.2, 0.25) is 0 Å². The van der Waals surface area contributed by atoms with Crippen molar-refractivity contribution in [3.05, 3.63) is 11.8 Å². The summed E-state index contributed by atoms with van der Waals surface area (Å²) >= 11 is 0. The van der Waals surface area contributed by atoms with E-state index in [2.05, 4.69) is 32.8 Å². The van der Waals surface area contributed by atoms with Crippen molar-refractivity contribution in [3.63, 3.8) is 0 Å². The Kier molecular flexibility index (Phi) is 5.34. The molecule has 0 aliphatic heterocycles. The van der Waals surface area contributed by atoms with E-state index >= 15 is 0 Å². The molecule has 1 saturated carbocycles. The van der Waals surface area contributed by atoms with Crippen molar-refractivity contribution in [2.45, 2.75) is 79.2 Å². The Hall–Kier alpha value is -0.990. The zero-order chi connectivity index (χ0) is 15.5. The topological polar surface area (TPSA) is 38.0 Å². The smallest absolute Gasteiger partial charge is 0.209 e. The molecule has 1 aliphatic carbocycles. The molecule has 0 saturated heterocycles. The first-order valence-electron chi connectivity index (χ1n) is 8.69. The van der Waals surface area contributed by atoms with E-state index < -0.39 is 0 Å². The Labute approximate surface area is 129 Å². The molecule has 1 N–H and O–H groups in total. The standard InChI is InChI=1S/C18H32N2O/c1-5-7-14(6-2)13-20-17(21)11-16(19-20)10-15-8-9-18(3,4)12-15/h11,14-15,21H,5-10,12-13H2,1-4H3. The number of aromatic nitrogens is 2. The zero-order valence-corrected chi connectivity index (χ0v) is 14.2. The minimum absolute atomic E-state index is 0.344. The fourth-order valence-corrected chi connectivity index (χ4v) is 3.82. The number of aromatic hydroxyl groups is 1. The second-order valence-corrected chi connectivity index (χ2v) is 7.72. The van der Waals surface area contributed by atoms with E-state index in [-0.39, 0.29) is 0 Å². The summed E-state index contributed by atoms with van der Waals surface area (Å²) in [5, 5.41) is 14.8. The van der Waals surface area contributed by atoms with Crippen molar-refractivity contribution < 1.29 is 5.11 Å². The molecule has 0 radical (unpaired) electrons. The molecule has 3 nitrogen and oxygen atoms in total. The first kappa shape index (κ1) is 16.4. The normalized spacial score (nSPS) is 22.6. The van der Waals surface area contributed by atoms with E-state index in [0.717, 1.165) is 31.0 Å². The molecule has 2 rings (SSSR count). The molecule has 1 aliphatic rings. The molecule has 21 heavy (non-hydrogen) atoms. The van der Waals surface area contributed by atoms with Crippen LogP contribution in [0.15, 0.2) is 6.07 Å². The maximum Gasteiger partial charge on any atom is 0.209 e. The van der Waals surface area contributed by atoms with Crippen LogP contribution in [-0.2, 0) is 13.0 Å². The summed E-state index contributed by atoms with van der Waals surface area (Å²) in [7, 11) is 0. The molecular formula is C18H32N2O. The third-order valence-electron chi connectivity index (χ3n) is 5.08. The van der Waals surface area contributed by atoms with Gasteiger partial charge in [-0.1, -0.05) is 40.5 Å². The van der Waals surface area contributed by atoms with Gasteiger partial charge in [0.1, 0.15) is 0 Å². The molecule has 0 aromatic carbocycles. The van der Waals surface area contributed by atoms with Gasteiger partial charge in [0.25, 0.3) is 0 Å². The van der Waals surface area contributed by atoms with Crippen molar-refractivity contribution >= 4 is 0 Å². The summed E-state index contributed by atoms with van der Waals surface area (Å²) in [4.78, 5) is 0. The van der Waals surface area contributed by atoms with Gasteiger partial charge in [-0.2, -0.15) is 5.10 Å². The van der Waals surface area contributed by atoms with Crippen LogP contribution in [-0.4, -0.2) is 14.9 Å². The largest absolute Gasteiger partial charge is 0.493 e. The highest BCUT2D eigenvalue weighted by Gasteiger charge is 2.31. The van der Waals surface area contributed by atoms with Crippen molar-refractivity contribution in [1.29, 1.82) is 0 Å². The second kappa shape index (κ2) is 6.85. The van der Waals surface area contributed by atoms with E-state index in [1.807, 2.05) is 10.7 Å². The number of hydrogen-bond donors (Lipinski definition) is 1. The lowest BCUT2D eigenvalue weighted by molar-refractivity contribution is 0.330. The monoisotopic (exact) mass is 292 g/mol. The van der Waals surface area contributed by atoms with Crippen LogP contribution in [0, 0.1) is 17.3 Å². The fraction of sp³-hybridized carbons (Fsp3) is 0.833. The highest BCUT2D eigenvalue weighted by molar-refractivity contribution is 5.15. The van der Waals surface area contributed by atoms with Gasteiger partial charge in [-0.25, -0.2) is 4.68 Å². The molecule has 1 aromatic rings. The lowest BCUT2D eigenvalue weighted by Gasteiger charge is -2.16. The highest BCUT2D eigenvalue weighted by atomic mass is 16.3. The van der Waals surface area contributed by atoms with Crippen LogP contribution in [0.1, 0.15) is 71.9 Å². The molecule has 0 amide bonds. The van der Waals surface area contributed by atoms with Gasteiger partial charge in [-0.05, 0) is 49.4 Å². The quantitative estimate of drug-likeness (QED) is 0.785. The van der Waals surface area contributed by atoms with Gasteiger partial charge in [0, 0.05) is 12.6 Å². The Bertz CT molecular complexity index is 450. The first-order valence-corrected chi connectivity index (χ1v) is 8.69. The lowest BCUT2D eigenvalue weighted by Crippen LogP contribution is -2.12. The Morgan fingerprint density at radius 3 is 2.76 bits per heavy atom. The van der Waals surface area contributed by atoms with Gasteiger partial charge >= 0.3 is 0 Å². The summed E-state index contributed by atoms with van der Waals surface area (Å²) in [6.07, 6.45) is 8.49. The van der Waals surface area contributed by atoms with Gasteiger partial charge in [-0.15, -0.1) is 0 Å². The molecule has 2 atom stereocenters. The average Bonchev–Trinajstić information content (AvgIpc) is 2.92. The fourth-order valence-electron chi connectivity index (χ4n) is 3.82. The van der Waals surface area contributed by atoms with Crippen LogP contribution < -0.4 is 0 Å². The van der Waals surface area contributed by atoms with Gasteiger partial charge in [-0.3, -0.25) is 0 Å². The van der Waals surface area contributed by atoms with E-state index in [4.69, 9.17) is 0 Å². The maximum absolute atomic E-state index is 10.1. The van der Waals surface area contributed by atoms with Crippen molar-refractivity contribution in [3.8, 4) is 5.88 Å². The Balaban J connectivity index is 1.95. The summed E-state index contributed by atoms with van der Waals surface area (Å²) in [5.74, 6) is 1.70. The van der Waals surface area contributed by atoms with E-state index in [9.17, 15) is 5.11 Å². The molecule has 2 unspecified atom stereocenters. The molecule has 3 heteroatoms. The van der Waals surface area contributed by atoms with Crippen molar-refractivity contribution in [2.75, 3.05) is 0 Å². The average molecular weight is 292 g/mol. The van der Waals surface area contributed by atoms with Gasteiger partial charge in [0.2, 0.25) is 5.88 Å². The van der Waals surface area contributed by atoms with Crippen LogP contribution in [0.4, 0.5) is 0 Å². The molecule has 1 heterocycles. The van der Waals surface area contributed by atoms with E-state index in [0.29, 0.717) is 17.2 Å². The molecule has 1 aromatic heterocycles. The van der Waals surface area contributed by atoms with Gasteiger partial charge in [0.05, 0.1) is 5.69 Å². The Morgan fingerprint density at radius 1 is 1.43 bits per heavy atom. The predicted molar refractivity (Wildman–Crippen MR) is 87.4 cm³/mol. The van der Waals surface area contributed by atoms with Gasteiger partial charge in [0.15, 0.2) is 0 Å². The third kappa shape index (κ3) is 4.49. The summed E-state index contributed by atoms with van der Waals surface area (Å²) in [5.41, 5.74) is 1.56. The van der Waals surface area contributed by atoms with Crippen LogP contribution in [0.3, 0.4) is 0 Å². The van der Waals surface area contributed by atoms with Crippen LogP contribution in [0.5, 0.6) is 5.88 Å². The van der Waals surface area contributed by atoms with Crippen LogP contribution in [0.25, 0.3) is 0 Å². The molecule has 0 spiro atoms. The summed E-state index contributed by atoms with van der Waals surface area (Å²) in [6.45, 7) is 10.0. The van der Waals surface area contributed by atoms with E-state index in [1.54, 1.807) is 0 Å². The van der Waals surface area contributed by atoms with E-state index in [1.165, 1.54) is 32.1 Å². The first-order chi connectivity index (χ1) is 9.93. The zero-order valence-electron chi connectivity index (χ0n) is 14.2. The minimum atomic E-state index is 0.344. The second-order valence-electron chi connectivity index (χ2n) is 7.72.